The highest BCUT2D eigenvalue weighted by atomic mass is 16.5. The summed E-state index contributed by atoms with van der Waals surface area (Å²) in [6.07, 6.45) is 1.68. The van der Waals surface area contributed by atoms with E-state index in [4.69, 9.17) is 10.5 Å². The van der Waals surface area contributed by atoms with Crippen molar-refractivity contribution >= 4 is 22.7 Å². The minimum Gasteiger partial charge on any atom is -0.465 e. The highest BCUT2D eigenvalue weighted by Crippen LogP contribution is 2.23. The SMILES string of the molecule is COC(=O)c1cc(N)ccc1-n1cnc2ccccc21. The standard InChI is InChI=1S/C15H13N3O2/c1-20-15(19)11-8-10(16)6-7-13(11)18-9-17-12-4-2-3-5-14(12)18/h2-9H,16H2,1H3. The molecule has 5 heteroatoms. The van der Waals surface area contributed by atoms with Gasteiger partial charge in [0, 0.05) is 5.69 Å². The van der Waals surface area contributed by atoms with Crippen LogP contribution in [0.4, 0.5) is 5.69 Å². The predicted molar refractivity (Wildman–Crippen MR) is 76.8 cm³/mol. The highest BCUT2D eigenvalue weighted by Gasteiger charge is 2.15. The fourth-order valence-electron chi connectivity index (χ4n) is 2.19. The summed E-state index contributed by atoms with van der Waals surface area (Å²) < 4.78 is 6.66. The van der Waals surface area contributed by atoms with E-state index in [0.29, 0.717) is 16.9 Å². The van der Waals surface area contributed by atoms with Crippen molar-refractivity contribution in [1.29, 1.82) is 0 Å². The van der Waals surface area contributed by atoms with E-state index in [1.165, 1.54) is 7.11 Å². The molecule has 5 nitrogen and oxygen atoms in total. The Kier molecular flexibility index (Phi) is 2.87. The minimum absolute atomic E-state index is 0.413. The first kappa shape index (κ1) is 12.2. The van der Waals surface area contributed by atoms with Crippen molar-refractivity contribution in [3.05, 3.63) is 54.4 Å². The zero-order chi connectivity index (χ0) is 14.1. The summed E-state index contributed by atoms with van der Waals surface area (Å²) in [6, 6.07) is 12.8. The molecular weight excluding hydrogens is 254 g/mol. The third-order valence-corrected chi connectivity index (χ3v) is 3.14. The fourth-order valence-corrected chi connectivity index (χ4v) is 2.19. The third-order valence-electron chi connectivity index (χ3n) is 3.14. The molecule has 0 saturated carbocycles. The van der Waals surface area contributed by atoms with Crippen LogP contribution in [0.2, 0.25) is 0 Å². The van der Waals surface area contributed by atoms with Crippen LogP contribution in [0.15, 0.2) is 48.8 Å². The van der Waals surface area contributed by atoms with Gasteiger partial charge in [-0.2, -0.15) is 0 Å². The molecule has 0 unspecified atom stereocenters. The number of nitrogens with two attached hydrogens (primary N) is 1. The number of nitrogens with zero attached hydrogens (tertiary/aromatic N) is 2. The van der Waals surface area contributed by atoms with Gasteiger partial charge in [-0.1, -0.05) is 12.1 Å². The second-order valence-electron chi connectivity index (χ2n) is 4.37. The van der Waals surface area contributed by atoms with E-state index in [1.807, 2.05) is 28.8 Å². The molecule has 0 aliphatic rings. The number of rotatable bonds is 2. The van der Waals surface area contributed by atoms with Crippen LogP contribution in [0, 0.1) is 0 Å². The zero-order valence-electron chi connectivity index (χ0n) is 10.9. The molecule has 2 aromatic carbocycles. The van der Waals surface area contributed by atoms with E-state index in [9.17, 15) is 4.79 Å². The number of imidazole rings is 1. The van der Waals surface area contributed by atoms with Crippen LogP contribution in [-0.4, -0.2) is 22.6 Å². The molecule has 100 valence electrons. The number of para-hydroxylation sites is 2. The summed E-state index contributed by atoms with van der Waals surface area (Å²) in [5, 5.41) is 0. The van der Waals surface area contributed by atoms with Gasteiger partial charge in [0.15, 0.2) is 0 Å². The molecule has 0 aliphatic carbocycles. The maximum Gasteiger partial charge on any atom is 0.340 e. The van der Waals surface area contributed by atoms with E-state index in [1.54, 1.807) is 24.5 Å². The second-order valence-corrected chi connectivity index (χ2v) is 4.37. The largest absolute Gasteiger partial charge is 0.465 e. The molecule has 3 aromatic rings. The Balaban J connectivity index is 2.26. The Labute approximate surface area is 115 Å². The molecule has 0 radical (unpaired) electrons. The molecule has 1 heterocycles. The van der Waals surface area contributed by atoms with E-state index in [2.05, 4.69) is 4.98 Å². The molecule has 0 aliphatic heterocycles. The van der Waals surface area contributed by atoms with Gasteiger partial charge in [0.2, 0.25) is 0 Å². The lowest BCUT2D eigenvalue weighted by molar-refractivity contribution is 0.0601. The number of hydrogen-bond acceptors (Lipinski definition) is 4. The number of fused-ring (bicyclic) bond motifs is 1. The molecule has 0 fully saturated rings. The molecule has 3 rings (SSSR count). The van der Waals surface area contributed by atoms with Crippen molar-refractivity contribution in [2.75, 3.05) is 12.8 Å². The molecule has 0 atom stereocenters. The number of benzene rings is 2. The molecule has 0 saturated heterocycles. The van der Waals surface area contributed by atoms with E-state index in [-0.39, 0.29) is 0 Å². The summed E-state index contributed by atoms with van der Waals surface area (Å²) in [7, 11) is 1.35. The van der Waals surface area contributed by atoms with Crippen molar-refractivity contribution in [2.45, 2.75) is 0 Å². The van der Waals surface area contributed by atoms with Crippen LogP contribution in [0.25, 0.3) is 16.7 Å². The number of nitrogen functional groups attached to an aromatic ring is 1. The van der Waals surface area contributed by atoms with Crippen LogP contribution in [-0.2, 0) is 4.74 Å². The average molecular weight is 267 g/mol. The second kappa shape index (κ2) is 4.70. The fraction of sp³-hybridized carbons (Fsp3) is 0.0667. The molecular formula is C15H13N3O2. The Morgan fingerprint density at radius 2 is 2.05 bits per heavy atom. The normalized spacial score (nSPS) is 10.7. The highest BCUT2D eigenvalue weighted by molar-refractivity contribution is 5.95. The number of anilines is 1. The maximum absolute atomic E-state index is 11.9. The van der Waals surface area contributed by atoms with Crippen LogP contribution >= 0.6 is 0 Å². The maximum atomic E-state index is 11.9. The number of esters is 1. The van der Waals surface area contributed by atoms with Gasteiger partial charge in [0.25, 0.3) is 0 Å². The van der Waals surface area contributed by atoms with Crippen LogP contribution in [0.5, 0.6) is 0 Å². The number of aromatic nitrogens is 2. The van der Waals surface area contributed by atoms with Crippen LogP contribution in [0.3, 0.4) is 0 Å². The lowest BCUT2D eigenvalue weighted by Crippen LogP contribution is -2.08. The number of hydrogen-bond donors (Lipinski definition) is 1. The summed E-state index contributed by atoms with van der Waals surface area (Å²) in [6.45, 7) is 0. The average Bonchev–Trinajstić information content (AvgIpc) is 2.90. The van der Waals surface area contributed by atoms with Gasteiger partial charge in [-0.05, 0) is 30.3 Å². The molecule has 20 heavy (non-hydrogen) atoms. The lowest BCUT2D eigenvalue weighted by atomic mass is 10.1. The van der Waals surface area contributed by atoms with Gasteiger partial charge in [-0.15, -0.1) is 0 Å². The monoisotopic (exact) mass is 267 g/mol. The summed E-state index contributed by atoms with van der Waals surface area (Å²) in [5.74, 6) is -0.426. The van der Waals surface area contributed by atoms with Crippen molar-refractivity contribution in [2.24, 2.45) is 0 Å². The third kappa shape index (κ3) is 1.89. The van der Waals surface area contributed by atoms with Gasteiger partial charge < -0.3 is 10.5 Å². The van der Waals surface area contributed by atoms with Gasteiger partial charge in [0.05, 0.1) is 29.4 Å². The molecule has 0 amide bonds. The minimum atomic E-state index is -0.426. The summed E-state index contributed by atoms with van der Waals surface area (Å²) in [5.41, 5.74) is 9.15. The number of methoxy groups -OCH3 is 1. The van der Waals surface area contributed by atoms with Crippen LogP contribution < -0.4 is 5.73 Å². The van der Waals surface area contributed by atoms with Crippen molar-refractivity contribution < 1.29 is 9.53 Å². The van der Waals surface area contributed by atoms with Crippen molar-refractivity contribution in [1.82, 2.24) is 9.55 Å². The molecule has 0 bridgehead atoms. The van der Waals surface area contributed by atoms with Gasteiger partial charge >= 0.3 is 5.97 Å². The lowest BCUT2D eigenvalue weighted by Gasteiger charge is -2.10. The van der Waals surface area contributed by atoms with Crippen LogP contribution in [0.1, 0.15) is 10.4 Å². The first-order valence-electron chi connectivity index (χ1n) is 6.11. The van der Waals surface area contributed by atoms with Gasteiger partial charge in [-0.3, -0.25) is 4.57 Å². The Morgan fingerprint density at radius 1 is 1.25 bits per heavy atom. The van der Waals surface area contributed by atoms with E-state index in [0.717, 1.165) is 11.0 Å². The van der Waals surface area contributed by atoms with Gasteiger partial charge in [-0.25, -0.2) is 9.78 Å². The zero-order valence-corrected chi connectivity index (χ0v) is 10.9. The Morgan fingerprint density at radius 3 is 2.85 bits per heavy atom. The Bertz CT molecular complexity index is 793. The number of ether oxygens (including phenoxy) is 1. The molecule has 1 aromatic heterocycles. The van der Waals surface area contributed by atoms with Crippen molar-refractivity contribution in [3.8, 4) is 5.69 Å². The topological polar surface area (TPSA) is 70.1 Å². The number of carbonyl (C=O) groups excluding carboxylic acids is 1. The number of carbonyl (C=O) groups is 1. The quantitative estimate of drug-likeness (QED) is 0.571. The first-order valence-corrected chi connectivity index (χ1v) is 6.11. The molecule has 2 N–H and O–H groups in total. The smallest absolute Gasteiger partial charge is 0.340 e. The predicted octanol–water partition coefficient (Wildman–Crippen LogP) is 2.39. The Hall–Kier alpha value is -2.82. The van der Waals surface area contributed by atoms with E-state index >= 15 is 0 Å². The van der Waals surface area contributed by atoms with E-state index < -0.39 is 5.97 Å². The molecule has 0 spiro atoms. The summed E-state index contributed by atoms with van der Waals surface area (Å²) >= 11 is 0. The van der Waals surface area contributed by atoms with Gasteiger partial charge in [0.1, 0.15) is 6.33 Å². The van der Waals surface area contributed by atoms with Crippen molar-refractivity contribution in [3.63, 3.8) is 0 Å². The first-order chi connectivity index (χ1) is 9.70. The summed E-state index contributed by atoms with van der Waals surface area (Å²) in [4.78, 5) is 16.2.